The Hall–Kier alpha value is -1.06. The number of fused-ring (bicyclic) bond motifs is 1. The van der Waals surface area contributed by atoms with E-state index in [9.17, 15) is 0 Å². The van der Waals surface area contributed by atoms with E-state index in [0.29, 0.717) is 5.92 Å². The van der Waals surface area contributed by atoms with Gasteiger partial charge in [-0.25, -0.2) is 0 Å². The molecule has 104 valence electrons. The lowest BCUT2D eigenvalue weighted by atomic mass is 9.94. The first kappa shape index (κ1) is 12.9. The molecule has 0 aromatic heterocycles. The maximum absolute atomic E-state index is 3.49. The third-order valence-corrected chi connectivity index (χ3v) is 4.38. The van der Waals surface area contributed by atoms with Gasteiger partial charge >= 0.3 is 0 Å². The fourth-order valence-electron chi connectivity index (χ4n) is 3.19. The molecular formula is C16H25N3. The van der Waals surface area contributed by atoms with Gasteiger partial charge in [0.2, 0.25) is 0 Å². The minimum atomic E-state index is 0.630. The van der Waals surface area contributed by atoms with Gasteiger partial charge in [-0.05, 0) is 36.0 Å². The Balaban J connectivity index is 1.67. The predicted octanol–water partition coefficient (Wildman–Crippen LogP) is 2.05. The third kappa shape index (κ3) is 3.10. The zero-order valence-electron chi connectivity index (χ0n) is 11.9. The molecule has 1 saturated heterocycles. The van der Waals surface area contributed by atoms with E-state index in [4.69, 9.17) is 0 Å². The zero-order valence-corrected chi connectivity index (χ0v) is 11.9. The highest BCUT2D eigenvalue weighted by Crippen LogP contribution is 2.26. The van der Waals surface area contributed by atoms with Crippen molar-refractivity contribution in [1.29, 1.82) is 0 Å². The van der Waals surface area contributed by atoms with Gasteiger partial charge in [-0.15, -0.1) is 0 Å². The molecule has 0 aliphatic carbocycles. The molecule has 1 unspecified atom stereocenters. The number of benzene rings is 1. The van der Waals surface area contributed by atoms with E-state index in [-0.39, 0.29) is 0 Å². The van der Waals surface area contributed by atoms with Crippen LogP contribution >= 0.6 is 0 Å². The molecular weight excluding hydrogens is 234 g/mol. The molecule has 1 atom stereocenters. The van der Waals surface area contributed by atoms with Crippen LogP contribution in [0.4, 0.5) is 5.69 Å². The molecule has 2 heterocycles. The van der Waals surface area contributed by atoms with E-state index in [1.807, 2.05) is 0 Å². The molecule has 3 heteroatoms. The van der Waals surface area contributed by atoms with Crippen LogP contribution in [0, 0.1) is 0 Å². The van der Waals surface area contributed by atoms with Crippen LogP contribution in [0.5, 0.6) is 0 Å². The lowest BCUT2D eigenvalue weighted by molar-refractivity contribution is 0.230. The van der Waals surface area contributed by atoms with Crippen LogP contribution in [0.3, 0.4) is 0 Å². The Bertz CT molecular complexity index is 424. The fourth-order valence-corrected chi connectivity index (χ4v) is 3.19. The predicted molar refractivity (Wildman–Crippen MR) is 81.0 cm³/mol. The van der Waals surface area contributed by atoms with Crippen LogP contribution in [0.2, 0.25) is 0 Å². The first-order valence-electron chi connectivity index (χ1n) is 7.63. The van der Waals surface area contributed by atoms with E-state index in [0.717, 1.165) is 19.6 Å². The molecule has 1 aromatic rings. The van der Waals surface area contributed by atoms with Gasteiger partial charge in [-0.1, -0.05) is 19.1 Å². The Morgan fingerprint density at radius 2 is 2.05 bits per heavy atom. The second-order valence-corrected chi connectivity index (χ2v) is 5.90. The lowest BCUT2D eigenvalue weighted by Gasteiger charge is -2.30. The molecule has 0 bridgehead atoms. The number of anilines is 1. The Morgan fingerprint density at radius 3 is 2.89 bits per heavy atom. The van der Waals surface area contributed by atoms with Gasteiger partial charge in [0.05, 0.1) is 0 Å². The van der Waals surface area contributed by atoms with Crippen LogP contribution in [0.25, 0.3) is 0 Å². The number of piperazine rings is 1. The van der Waals surface area contributed by atoms with Crippen molar-refractivity contribution in [2.24, 2.45) is 0 Å². The fraction of sp³-hybridized carbons (Fsp3) is 0.625. The summed E-state index contributed by atoms with van der Waals surface area (Å²) in [6.45, 7) is 9.34. The number of hydrogen-bond donors (Lipinski definition) is 2. The number of rotatable bonds is 3. The van der Waals surface area contributed by atoms with Crippen molar-refractivity contribution in [3.63, 3.8) is 0 Å². The van der Waals surface area contributed by atoms with Crippen molar-refractivity contribution >= 4 is 5.69 Å². The molecule has 3 nitrogen and oxygen atoms in total. The third-order valence-electron chi connectivity index (χ3n) is 4.38. The topological polar surface area (TPSA) is 27.3 Å². The Labute approximate surface area is 116 Å². The number of aryl methyl sites for hydroxylation is 1. The molecule has 2 aliphatic rings. The van der Waals surface area contributed by atoms with E-state index >= 15 is 0 Å². The zero-order chi connectivity index (χ0) is 13.1. The monoisotopic (exact) mass is 259 g/mol. The molecule has 0 amide bonds. The average molecular weight is 259 g/mol. The summed E-state index contributed by atoms with van der Waals surface area (Å²) in [6.07, 6.45) is 2.50. The molecule has 3 rings (SSSR count). The van der Waals surface area contributed by atoms with E-state index in [1.165, 1.54) is 49.3 Å². The molecule has 1 aromatic carbocycles. The minimum Gasteiger partial charge on any atom is -0.385 e. The van der Waals surface area contributed by atoms with Crippen LogP contribution in [-0.4, -0.2) is 44.2 Å². The van der Waals surface area contributed by atoms with Crippen LogP contribution in [-0.2, 0) is 6.42 Å². The van der Waals surface area contributed by atoms with E-state index in [1.54, 1.807) is 0 Å². The summed E-state index contributed by atoms with van der Waals surface area (Å²) in [5.74, 6) is 0.630. The summed E-state index contributed by atoms with van der Waals surface area (Å²) in [5, 5.41) is 6.91. The van der Waals surface area contributed by atoms with Crippen molar-refractivity contribution in [3.05, 3.63) is 29.3 Å². The highest BCUT2D eigenvalue weighted by Gasteiger charge is 2.16. The summed E-state index contributed by atoms with van der Waals surface area (Å²) in [6, 6.07) is 7.01. The van der Waals surface area contributed by atoms with E-state index < -0.39 is 0 Å². The molecule has 0 saturated carbocycles. The second kappa shape index (κ2) is 5.93. The smallest absolute Gasteiger partial charge is 0.0372 e. The van der Waals surface area contributed by atoms with Gasteiger partial charge in [-0.2, -0.15) is 0 Å². The molecule has 1 fully saturated rings. The minimum absolute atomic E-state index is 0.630. The first-order valence-corrected chi connectivity index (χ1v) is 7.63. The van der Waals surface area contributed by atoms with Crippen LogP contribution < -0.4 is 10.6 Å². The number of nitrogens with zero attached hydrogens (tertiary/aromatic N) is 1. The van der Waals surface area contributed by atoms with Crippen molar-refractivity contribution in [2.75, 3.05) is 44.6 Å². The van der Waals surface area contributed by atoms with Gasteiger partial charge in [-0.3, -0.25) is 0 Å². The number of hydrogen-bond acceptors (Lipinski definition) is 3. The first-order chi connectivity index (χ1) is 9.33. The van der Waals surface area contributed by atoms with Crippen molar-refractivity contribution in [1.82, 2.24) is 10.2 Å². The normalized spacial score (nSPS) is 21.5. The average Bonchev–Trinajstić information content (AvgIpc) is 2.48. The van der Waals surface area contributed by atoms with Gasteiger partial charge in [0.15, 0.2) is 0 Å². The lowest BCUT2D eigenvalue weighted by Crippen LogP contribution is -2.44. The van der Waals surface area contributed by atoms with Crippen molar-refractivity contribution in [3.8, 4) is 0 Å². The van der Waals surface area contributed by atoms with Gasteiger partial charge in [0.25, 0.3) is 0 Å². The highest BCUT2D eigenvalue weighted by molar-refractivity contribution is 5.54. The van der Waals surface area contributed by atoms with Crippen molar-refractivity contribution < 1.29 is 0 Å². The van der Waals surface area contributed by atoms with Crippen LogP contribution in [0.15, 0.2) is 18.2 Å². The Morgan fingerprint density at radius 1 is 1.21 bits per heavy atom. The van der Waals surface area contributed by atoms with Crippen LogP contribution in [0.1, 0.15) is 30.4 Å². The quantitative estimate of drug-likeness (QED) is 0.870. The van der Waals surface area contributed by atoms with Gasteiger partial charge in [0, 0.05) is 45.0 Å². The molecule has 0 radical (unpaired) electrons. The SMILES string of the molecule is CC(CN1CCNCC1)c1ccc2c(c1)CCCN2. The second-order valence-electron chi connectivity index (χ2n) is 5.90. The summed E-state index contributed by atoms with van der Waals surface area (Å²) in [4.78, 5) is 2.58. The summed E-state index contributed by atoms with van der Waals surface area (Å²) < 4.78 is 0. The van der Waals surface area contributed by atoms with Gasteiger partial charge < -0.3 is 15.5 Å². The maximum Gasteiger partial charge on any atom is 0.0372 e. The number of nitrogens with one attached hydrogen (secondary N) is 2. The summed E-state index contributed by atoms with van der Waals surface area (Å²) >= 11 is 0. The summed E-state index contributed by atoms with van der Waals surface area (Å²) in [7, 11) is 0. The molecule has 19 heavy (non-hydrogen) atoms. The van der Waals surface area contributed by atoms with Gasteiger partial charge in [0.1, 0.15) is 0 Å². The Kier molecular flexibility index (Phi) is 4.04. The van der Waals surface area contributed by atoms with E-state index in [2.05, 4.69) is 40.7 Å². The summed E-state index contributed by atoms with van der Waals surface area (Å²) in [5.41, 5.74) is 4.36. The highest BCUT2D eigenvalue weighted by atomic mass is 15.2. The molecule has 2 aliphatic heterocycles. The largest absolute Gasteiger partial charge is 0.385 e. The maximum atomic E-state index is 3.49. The van der Waals surface area contributed by atoms with Crippen molar-refractivity contribution in [2.45, 2.75) is 25.7 Å². The molecule has 2 N–H and O–H groups in total. The standard InChI is InChI=1S/C16H25N3/c1-13(12-19-9-7-17-8-10-19)14-4-5-16-15(11-14)3-2-6-18-16/h4-5,11,13,17-18H,2-3,6-10,12H2,1H3. The molecule has 0 spiro atoms.